The molecule has 0 aliphatic heterocycles. The topological polar surface area (TPSA) is 113 Å². The Morgan fingerprint density at radius 2 is 1.64 bits per heavy atom. The molecule has 86 valence electrons. The zero-order valence-corrected chi connectivity index (χ0v) is 9.87. The van der Waals surface area contributed by atoms with Crippen LogP contribution in [-0.4, -0.2) is 26.5 Å². The Hall–Kier alpha value is 0.260. The molecule has 3 N–H and O–H groups in total. The lowest BCUT2D eigenvalue weighted by molar-refractivity contribution is -0.154. The molecule has 0 aromatic carbocycles. The van der Waals surface area contributed by atoms with Crippen molar-refractivity contribution in [1.29, 1.82) is 0 Å². The van der Waals surface area contributed by atoms with E-state index in [1.54, 1.807) is 0 Å². The maximum absolute atomic E-state index is 11.4. The van der Waals surface area contributed by atoms with E-state index in [0.29, 0.717) is 0 Å². The first-order valence-corrected chi connectivity index (χ1v) is 7.17. The van der Waals surface area contributed by atoms with Gasteiger partial charge in [0.25, 0.3) is 0 Å². The zero-order chi connectivity index (χ0) is 11.6. The molecule has 7 nitrogen and oxygen atoms in total. The van der Waals surface area contributed by atoms with Crippen LogP contribution < -0.4 is 0 Å². The van der Waals surface area contributed by atoms with Gasteiger partial charge in [-0.2, -0.15) is 4.67 Å². The van der Waals surface area contributed by atoms with Crippen LogP contribution in [-0.2, 0) is 18.3 Å². The van der Waals surface area contributed by atoms with Crippen LogP contribution in [0, 0.1) is 0 Å². The molecule has 0 amide bonds. The highest BCUT2D eigenvalue weighted by atomic mass is 31.2. The SMILES string of the molecule is CC(C)(C)OP(=O)(CP(=O)(O)O)OO. The minimum Gasteiger partial charge on any atom is -0.324 e. The van der Waals surface area contributed by atoms with E-state index < -0.39 is 26.7 Å². The first-order valence-electron chi connectivity index (χ1n) is 3.65. The Labute approximate surface area is 81.7 Å². The summed E-state index contributed by atoms with van der Waals surface area (Å²) in [5.74, 6) is -1.15. The summed E-state index contributed by atoms with van der Waals surface area (Å²) in [6, 6.07) is 0. The summed E-state index contributed by atoms with van der Waals surface area (Å²) in [5.41, 5.74) is -0.937. The van der Waals surface area contributed by atoms with Gasteiger partial charge >= 0.3 is 15.2 Å². The molecule has 1 atom stereocenters. The summed E-state index contributed by atoms with van der Waals surface area (Å²) in [4.78, 5) is 17.1. The lowest BCUT2D eigenvalue weighted by Gasteiger charge is -2.24. The minimum atomic E-state index is -4.56. The lowest BCUT2D eigenvalue weighted by atomic mass is 10.2. The summed E-state index contributed by atoms with van der Waals surface area (Å²) < 4.78 is 30.2. The van der Waals surface area contributed by atoms with Gasteiger partial charge in [-0.15, -0.1) is 0 Å². The molecule has 0 aromatic rings. The van der Waals surface area contributed by atoms with Crippen molar-refractivity contribution < 1.29 is 33.4 Å². The Bertz CT molecular complexity index is 274. The number of hydrogen-bond acceptors (Lipinski definition) is 5. The molecule has 0 aliphatic carbocycles. The van der Waals surface area contributed by atoms with Gasteiger partial charge in [0.05, 0.1) is 5.60 Å². The van der Waals surface area contributed by atoms with Gasteiger partial charge in [-0.05, 0) is 20.8 Å². The van der Waals surface area contributed by atoms with E-state index in [0.717, 1.165) is 0 Å². The Morgan fingerprint density at radius 3 is 1.86 bits per heavy atom. The monoisotopic (exact) mass is 248 g/mol. The standard InChI is InChI=1S/C5H14O7P2/c1-5(2,3)11-14(10,12-6)4-13(7,8)9/h6H,4H2,1-3H3,(H2,7,8,9). The average Bonchev–Trinajstić information content (AvgIpc) is 1.78. The van der Waals surface area contributed by atoms with Gasteiger partial charge in [0.15, 0.2) is 5.90 Å². The largest absolute Gasteiger partial charge is 0.370 e. The number of rotatable bonds is 4. The molecule has 0 saturated heterocycles. The van der Waals surface area contributed by atoms with E-state index in [-0.39, 0.29) is 0 Å². The van der Waals surface area contributed by atoms with Crippen molar-refractivity contribution in [3.8, 4) is 0 Å². The van der Waals surface area contributed by atoms with Crippen molar-refractivity contribution in [1.82, 2.24) is 0 Å². The molecule has 0 radical (unpaired) electrons. The van der Waals surface area contributed by atoms with Gasteiger partial charge in [0.2, 0.25) is 0 Å². The third kappa shape index (κ3) is 6.68. The van der Waals surface area contributed by atoms with Crippen molar-refractivity contribution in [2.75, 3.05) is 5.90 Å². The summed E-state index contributed by atoms with van der Waals surface area (Å²) in [6.45, 7) is 4.54. The highest BCUT2D eigenvalue weighted by molar-refractivity contribution is 7.70. The zero-order valence-electron chi connectivity index (χ0n) is 8.08. The smallest absolute Gasteiger partial charge is 0.324 e. The maximum Gasteiger partial charge on any atom is 0.370 e. The molecule has 0 fully saturated rings. The fourth-order valence-corrected chi connectivity index (χ4v) is 3.82. The molecule has 0 rings (SSSR count). The Kier molecular flexibility index (Phi) is 4.49. The predicted molar refractivity (Wildman–Crippen MR) is 49.1 cm³/mol. The Morgan fingerprint density at radius 1 is 1.21 bits per heavy atom. The van der Waals surface area contributed by atoms with Crippen LogP contribution in [0.2, 0.25) is 0 Å². The molecular formula is C5H14O7P2. The van der Waals surface area contributed by atoms with Gasteiger partial charge < -0.3 is 14.3 Å². The van der Waals surface area contributed by atoms with E-state index in [1.807, 2.05) is 0 Å². The van der Waals surface area contributed by atoms with E-state index in [1.165, 1.54) is 20.8 Å². The lowest BCUT2D eigenvalue weighted by Crippen LogP contribution is -2.19. The first kappa shape index (κ1) is 14.3. The molecule has 0 saturated carbocycles. The minimum absolute atomic E-state index is 0.937. The van der Waals surface area contributed by atoms with Gasteiger partial charge in [0, 0.05) is 0 Å². The summed E-state index contributed by atoms with van der Waals surface area (Å²) >= 11 is 0. The van der Waals surface area contributed by atoms with Crippen LogP contribution in [0.4, 0.5) is 0 Å². The van der Waals surface area contributed by atoms with E-state index in [4.69, 9.17) is 19.6 Å². The second-order valence-electron chi connectivity index (χ2n) is 3.70. The average molecular weight is 248 g/mol. The summed E-state index contributed by atoms with van der Waals surface area (Å²) in [5, 5.41) is 8.28. The van der Waals surface area contributed by atoms with E-state index in [2.05, 4.69) is 4.67 Å². The molecule has 0 aromatic heterocycles. The van der Waals surface area contributed by atoms with Crippen molar-refractivity contribution in [3.63, 3.8) is 0 Å². The molecule has 0 bridgehead atoms. The van der Waals surface area contributed by atoms with Crippen LogP contribution in [0.5, 0.6) is 0 Å². The molecule has 0 heterocycles. The maximum atomic E-state index is 11.4. The van der Waals surface area contributed by atoms with Crippen LogP contribution in [0.25, 0.3) is 0 Å². The predicted octanol–water partition coefficient (Wildman–Crippen LogP) is 1.62. The summed E-state index contributed by atoms with van der Waals surface area (Å²) in [6.07, 6.45) is 0. The molecular weight excluding hydrogens is 234 g/mol. The molecule has 1 unspecified atom stereocenters. The third-order valence-corrected chi connectivity index (χ3v) is 4.83. The summed E-state index contributed by atoms with van der Waals surface area (Å²) in [7, 11) is -8.71. The van der Waals surface area contributed by atoms with Crippen LogP contribution in [0.3, 0.4) is 0 Å². The van der Waals surface area contributed by atoms with Crippen molar-refractivity contribution in [3.05, 3.63) is 0 Å². The van der Waals surface area contributed by atoms with Gasteiger partial charge in [0.1, 0.15) is 0 Å². The molecule has 14 heavy (non-hydrogen) atoms. The second-order valence-corrected chi connectivity index (χ2v) is 7.73. The van der Waals surface area contributed by atoms with Crippen LogP contribution in [0.1, 0.15) is 20.8 Å². The van der Waals surface area contributed by atoms with Gasteiger partial charge in [-0.3, -0.25) is 9.13 Å². The normalized spacial score (nSPS) is 17.9. The third-order valence-electron chi connectivity index (χ3n) is 0.895. The quantitative estimate of drug-likeness (QED) is 0.393. The van der Waals surface area contributed by atoms with E-state index >= 15 is 0 Å². The van der Waals surface area contributed by atoms with Crippen molar-refractivity contribution >= 4 is 15.2 Å². The Balaban J connectivity index is 4.67. The van der Waals surface area contributed by atoms with Gasteiger partial charge in [-0.25, -0.2) is 5.26 Å². The van der Waals surface area contributed by atoms with Crippen molar-refractivity contribution in [2.45, 2.75) is 26.4 Å². The van der Waals surface area contributed by atoms with Crippen LogP contribution >= 0.6 is 15.2 Å². The highest BCUT2D eigenvalue weighted by Gasteiger charge is 2.38. The van der Waals surface area contributed by atoms with Gasteiger partial charge in [-0.1, -0.05) is 0 Å². The fourth-order valence-electron chi connectivity index (χ4n) is 0.714. The molecule has 0 aliphatic rings. The molecule has 9 heteroatoms. The highest BCUT2D eigenvalue weighted by Crippen LogP contribution is 2.60. The first-order chi connectivity index (χ1) is 5.97. The number of hydrogen-bond donors (Lipinski definition) is 3. The fraction of sp³-hybridized carbons (Fsp3) is 1.00. The van der Waals surface area contributed by atoms with E-state index in [9.17, 15) is 9.13 Å². The van der Waals surface area contributed by atoms with Crippen LogP contribution in [0.15, 0.2) is 0 Å². The van der Waals surface area contributed by atoms with Crippen molar-refractivity contribution in [2.24, 2.45) is 0 Å². The second kappa shape index (κ2) is 4.41. The molecule has 0 spiro atoms.